The molecule has 0 aromatic heterocycles. The van der Waals surface area contributed by atoms with Crippen LogP contribution in [0.3, 0.4) is 0 Å². The van der Waals surface area contributed by atoms with Crippen molar-refractivity contribution in [2.24, 2.45) is 5.92 Å². The second kappa shape index (κ2) is 6.68. The summed E-state index contributed by atoms with van der Waals surface area (Å²) in [4.78, 5) is 50.1. The van der Waals surface area contributed by atoms with E-state index in [1.54, 1.807) is 0 Å². The summed E-state index contributed by atoms with van der Waals surface area (Å²) in [6.07, 6.45) is 4.11. The molecule has 138 valence electrons. The molecule has 3 aliphatic heterocycles. The quantitative estimate of drug-likeness (QED) is 0.657. The zero-order valence-corrected chi connectivity index (χ0v) is 14.4. The Morgan fingerprint density at radius 3 is 2.62 bits per heavy atom. The molecule has 4 aliphatic rings. The van der Waals surface area contributed by atoms with Crippen molar-refractivity contribution >= 4 is 23.6 Å². The van der Waals surface area contributed by atoms with Crippen LogP contribution in [0.5, 0.6) is 0 Å². The summed E-state index contributed by atoms with van der Waals surface area (Å²) in [5.74, 6) is -0.850. The van der Waals surface area contributed by atoms with Crippen LogP contribution >= 0.6 is 0 Å². The molecule has 0 aromatic carbocycles. The molecule has 0 saturated carbocycles. The van der Waals surface area contributed by atoms with Gasteiger partial charge in [0.2, 0.25) is 11.8 Å². The summed E-state index contributed by atoms with van der Waals surface area (Å²) in [6, 6.07) is -0.930. The van der Waals surface area contributed by atoms with Crippen LogP contribution in [0, 0.1) is 5.92 Å². The molecule has 0 spiro atoms. The highest BCUT2D eigenvalue weighted by Crippen LogP contribution is 2.36. The summed E-state index contributed by atoms with van der Waals surface area (Å²) in [6.45, 7) is 2.46. The number of nitrogens with zero attached hydrogens (tertiary/aromatic N) is 1. The zero-order chi connectivity index (χ0) is 18.3. The number of carbonyl (C=O) groups excluding carboxylic acids is 4. The Balaban J connectivity index is 1.48. The number of allylic oxidation sites excluding steroid dienone is 1. The van der Waals surface area contributed by atoms with Crippen LogP contribution < -0.4 is 10.6 Å². The smallest absolute Gasteiger partial charge is 0.265 e. The first-order chi connectivity index (χ1) is 12.6. The third-order valence-electron chi connectivity index (χ3n) is 5.35. The van der Waals surface area contributed by atoms with Crippen molar-refractivity contribution in [2.75, 3.05) is 19.7 Å². The third-order valence-corrected chi connectivity index (χ3v) is 5.35. The van der Waals surface area contributed by atoms with E-state index in [4.69, 9.17) is 4.74 Å². The number of carbonyl (C=O) groups is 4. The molecule has 0 aromatic rings. The van der Waals surface area contributed by atoms with Gasteiger partial charge >= 0.3 is 0 Å². The molecule has 8 nitrogen and oxygen atoms in total. The zero-order valence-electron chi connectivity index (χ0n) is 14.4. The fraction of sp³-hybridized carbons (Fsp3) is 0.556. The Morgan fingerprint density at radius 2 is 1.92 bits per heavy atom. The lowest BCUT2D eigenvalue weighted by Gasteiger charge is -2.28. The number of hydrogen-bond donors (Lipinski definition) is 2. The summed E-state index contributed by atoms with van der Waals surface area (Å²) >= 11 is 0. The Labute approximate surface area is 150 Å². The van der Waals surface area contributed by atoms with E-state index in [9.17, 15) is 19.2 Å². The molecule has 1 aliphatic carbocycles. The Hall–Kier alpha value is -2.48. The van der Waals surface area contributed by atoms with E-state index in [1.807, 2.05) is 6.08 Å². The van der Waals surface area contributed by atoms with Gasteiger partial charge in [0, 0.05) is 12.0 Å². The molecule has 2 fully saturated rings. The number of imide groups is 2. The second-order valence-corrected chi connectivity index (χ2v) is 7.07. The van der Waals surface area contributed by atoms with Crippen molar-refractivity contribution in [1.82, 2.24) is 15.5 Å². The van der Waals surface area contributed by atoms with E-state index in [0.29, 0.717) is 36.7 Å². The van der Waals surface area contributed by atoms with E-state index < -0.39 is 23.8 Å². The maximum Gasteiger partial charge on any atom is 0.265 e. The fourth-order valence-electron chi connectivity index (χ4n) is 3.76. The first kappa shape index (κ1) is 17.0. The number of nitrogens with one attached hydrogen (secondary N) is 2. The van der Waals surface area contributed by atoms with Crippen molar-refractivity contribution in [1.29, 1.82) is 0 Å². The fourth-order valence-corrected chi connectivity index (χ4v) is 3.76. The van der Waals surface area contributed by atoms with Gasteiger partial charge in [-0.1, -0.05) is 0 Å². The van der Waals surface area contributed by atoms with Gasteiger partial charge < -0.3 is 10.1 Å². The lowest BCUT2D eigenvalue weighted by molar-refractivity contribution is -0.150. The van der Waals surface area contributed by atoms with Crippen LogP contribution in [0.4, 0.5) is 0 Å². The maximum absolute atomic E-state index is 12.9. The van der Waals surface area contributed by atoms with Crippen molar-refractivity contribution in [2.45, 2.75) is 38.1 Å². The molecule has 1 atom stereocenters. The molecule has 4 rings (SSSR count). The van der Waals surface area contributed by atoms with Gasteiger partial charge in [-0.25, -0.2) is 0 Å². The van der Waals surface area contributed by atoms with Crippen LogP contribution in [0.25, 0.3) is 0 Å². The molecule has 26 heavy (non-hydrogen) atoms. The topological polar surface area (TPSA) is 105 Å². The molecule has 1 unspecified atom stereocenters. The number of hydrogen-bond acceptors (Lipinski definition) is 6. The SMILES string of the molecule is O=C1CCC(N2C(=O)C3=C(C2=O)C(OCCC2CNC2)=CCC3)C(=O)N1. The highest BCUT2D eigenvalue weighted by atomic mass is 16.5. The number of amides is 4. The van der Waals surface area contributed by atoms with Gasteiger partial charge in [0.15, 0.2) is 0 Å². The molecular formula is C18H21N3O5. The summed E-state index contributed by atoms with van der Waals surface area (Å²) < 4.78 is 5.82. The molecule has 2 N–H and O–H groups in total. The molecule has 4 amide bonds. The van der Waals surface area contributed by atoms with E-state index in [1.165, 1.54) is 0 Å². The first-order valence-electron chi connectivity index (χ1n) is 9.05. The van der Waals surface area contributed by atoms with E-state index in [-0.39, 0.29) is 24.3 Å². The molecule has 0 radical (unpaired) electrons. The summed E-state index contributed by atoms with van der Waals surface area (Å²) in [5, 5.41) is 5.41. The van der Waals surface area contributed by atoms with Gasteiger partial charge in [-0.3, -0.25) is 29.4 Å². The van der Waals surface area contributed by atoms with E-state index >= 15 is 0 Å². The van der Waals surface area contributed by atoms with Crippen LogP contribution in [-0.2, 0) is 23.9 Å². The highest BCUT2D eigenvalue weighted by molar-refractivity contribution is 6.23. The molecule has 3 heterocycles. The van der Waals surface area contributed by atoms with Gasteiger partial charge in [-0.05, 0) is 50.8 Å². The van der Waals surface area contributed by atoms with E-state index in [0.717, 1.165) is 24.4 Å². The minimum Gasteiger partial charge on any atom is -0.493 e. The van der Waals surface area contributed by atoms with Crippen LogP contribution in [0.2, 0.25) is 0 Å². The number of rotatable bonds is 5. The molecular weight excluding hydrogens is 338 g/mol. The molecule has 8 heteroatoms. The van der Waals surface area contributed by atoms with Crippen molar-refractivity contribution in [3.63, 3.8) is 0 Å². The average molecular weight is 359 g/mol. The lowest BCUT2D eigenvalue weighted by Crippen LogP contribution is -2.54. The standard InChI is InChI=1S/C18H21N3O5/c22-14-5-4-12(16(23)20-14)21-17(24)11-2-1-3-13(15(11)18(21)25)26-7-6-10-8-19-9-10/h3,10,12,19H,1-2,4-9H2,(H,20,22,23). The van der Waals surface area contributed by atoms with Crippen LogP contribution in [0.15, 0.2) is 23.0 Å². The minimum atomic E-state index is -0.930. The predicted octanol–water partition coefficient (Wildman–Crippen LogP) is -0.239. The van der Waals surface area contributed by atoms with Crippen molar-refractivity contribution in [3.8, 4) is 0 Å². The van der Waals surface area contributed by atoms with E-state index in [2.05, 4.69) is 10.6 Å². The monoisotopic (exact) mass is 359 g/mol. The van der Waals surface area contributed by atoms with Gasteiger partial charge in [0.05, 0.1) is 12.2 Å². The predicted molar refractivity (Wildman–Crippen MR) is 89.3 cm³/mol. The Kier molecular flexibility index (Phi) is 4.36. The Bertz CT molecular complexity index is 750. The second-order valence-electron chi connectivity index (χ2n) is 7.07. The summed E-state index contributed by atoms with van der Waals surface area (Å²) in [5.41, 5.74) is 0.709. The normalized spacial score (nSPS) is 26.5. The number of piperidine rings is 1. The van der Waals surface area contributed by atoms with Gasteiger partial charge in [-0.2, -0.15) is 0 Å². The van der Waals surface area contributed by atoms with Gasteiger partial charge in [0.25, 0.3) is 11.8 Å². The highest BCUT2D eigenvalue weighted by Gasteiger charge is 2.47. The molecule has 2 saturated heterocycles. The number of ether oxygens (including phenoxy) is 1. The van der Waals surface area contributed by atoms with Crippen molar-refractivity contribution < 1.29 is 23.9 Å². The van der Waals surface area contributed by atoms with Gasteiger partial charge in [0.1, 0.15) is 11.8 Å². The van der Waals surface area contributed by atoms with Gasteiger partial charge in [-0.15, -0.1) is 0 Å². The average Bonchev–Trinajstić information content (AvgIpc) is 2.82. The summed E-state index contributed by atoms with van der Waals surface area (Å²) in [7, 11) is 0. The Morgan fingerprint density at radius 1 is 1.12 bits per heavy atom. The maximum atomic E-state index is 12.9. The van der Waals surface area contributed by atoms with Crippen LogP contribution in [-0.4, -0.2) is 54.3 Å². The van der Waals surface area contributed by atoms with Crippen molar-refractivity contribution in [3.05, 3.63) is 23.0 Å². The largest absolute Gasteiger partial charge is 0.493 e. The first-order valence-corrected chi connectivity index (χ1v) is 9.05. The minimum absolute atomic E-state index is 0.118. The lowest BCUT2D eigenvalue weighted by atomic mass is 9.97. The molecule has 0 bridgehead atoms. The van der Waals surface area contributed by atoms with Crippen LogP contribution in [0.1, 0.15) is 32.1 Å². The third kappa shape index (κ3) is 2.84.